The molecular formula is C16H22N2O3. The fraction of sp³-hybridized carbons (Fsp3) is 0.500. The summed E-state index contributed by atoms with van der Waals surface area (Å²) in [6.45, 7) is 5.35. The molecule has 1 saturated heterocycles. The Balaban J connectivity index is 1.86. The number of nitrogens with zero attached hydrogens (tertiary/aromatic N) is 1. The maximum atomic E-state index is 12.2. The molecule has 1 aliphatic heterocycles. The number of nitrogens with one attached hydrogen (secondary N) is 1. The normalized spacial score (nSPS) is 15.6. The third kappa shape index (κ3) is 3.97. The van der Waals surface area contributed by atoms with Crippen molar-refractivity contribution in [2.45, 2.75) is 26.7 Å². The Morgan fingerprint density at radius 3 is 2.57 bits per heavy atom. The minimum Gasteiger partial charge on any atom is -0.466 e. The van der Waals surface area contributed by atoms with E-state index in [4.69, 9.17) is 4.74 Å². The molecule has 1 aromatic rings. The zero-order valence-electron chi connectivity index (χ0n) is 12.6. The van der Waals surface area contributed by atoms with Gasteiger partial charge in [0.05, 0.1) is 12.5 Å². The van der Waals surface area contributed by atoms with E-state index in [1.807, 2.05) is 38.1 Å². The molecule has 0 unspecified atom stereocenters. The lowest BCUT2D eigenvalue weighted by atomic mass is 9.97. The molecule has 5 nitrogen and oxygen atoms in total. The van der Waals surface area contributed by atoms with Crippen molar-refractivity contribution >= 4 is 17.7 Å². The molecule has 2 rings (SSSR count). The fourth-order valence-corrected chi connectivity index (χ4v) is 2.49. The molecule has 1 aliphatic rings. The predicted octanol–water partition coefficient (Wildman–Crippen LogP) is 2.80. The number of esters is 1. The number of hydrogen-bond acceptors (Lipinski definition) is 3. The van der Waals surface area contributed by atoms with Crippen LogP contribution in [0.25, 0.3) is 0 Å². The van der Waals surface area contributed by atoms with Gasteiger partial charge in [-0.3, -0.25) is 4.79 Å². The van der Waals surface area contributed by atoms with Gasteiger partial charge in [-0.2, -0.15) is 0 Å². The first kappa shape index (κ1) is 15.4. The van der Waals surface area contributed by atoms with Crippen LogP contribution in [0.4, 0.5) is 10.5 Å². The van der Waals surface area contributed by atoms with Crippen molar-refractivity contribution in [1.82, 2.24) is 4.90 Å². The topological polar surface area (TPSA) is 58.6 Å². The highest BCUT2D eigenvalue weighted by molar-refractivity contribution is 5.90. The molecule has 1 N–H and O–H groups in total. The van der Waals surface area contributed by atoms with Gasteiger partial charge in [0.1, 0.15) is 0 Å². The van der Waals surface area contributed by atoms with Gasteiger partial charge in [0.2, 0.25) is 0 Å². The summed E-state index contributed by atoms with van der Waals surface area (Å²) in [6.07, 6.45) is 1.33. The van der Waals surface area contributed by atoms with Gasteiger partial charge in [-0.05, 0) is 38.3 Å². The third-order valence-corrected chi connectivity index (χ3v) is 3.79. The summed E-state index contributed by atoms with van der Waals surface area (Å²) >= 11 is 0. The smallest absolute Gasteiger partial charge is 0.321 e. The number of anilines is 1. The van der Waals surface area contributed by atoms with Crippen molar-refractivity contribution in [3.05, 3.63) is 29.8 Å². The van der Waals surface area contributed by atoms with Crippen LogP contribution in [-0.4, -0.2) is 36.6 Å². The monoisotopic (exact) mass is 290 g/mol. The Bertz CT molecular complexity index is 508. The molecule has 0 saturated carbocycles. The van der Waals surface area contributed by atoms with Crippen LogP contribution in [-0.2, 0) is 9.53 Å². The van der Waals surface area contributed by atoms with Crippen LogP contribution >= 0.6 is 0 Å². The molecule has 0 spiro atoms. The lowest BCUT2D eigenvalue weighted by Gasteiger charge is -2.31. The highest BCUT2D eigenvalue weighted by Crippen LogP contribution is 2.20. The van der Waals surface area contributed by atoms with Crippen LogP contribution in [0.15, 0.2) is 24.3 Å². The second-order valence-corrected chi connectivity index (χ2v) is 5.26. The van der Waals surface area contributed by atoms with Crippen LogP contribution in [0.2, 0.25) is 0 Å². The number of likely N-dealkylation sites (tertiary alicyclic amines) is 1. The standard InChI is InChI=1S/C16H22N2O3/c1-3-21-15(19)13-8-10-18(11-9-13)16(20)17-14-7-5-4-6-12(14)2/h4-7,13H,3,8-11H2,1-2H3,(H,17,20). The minimum absolute atomic E-state index is 0.0764. The second-order valence-electron chi connectivity index (χ2n) is 5.26. The first-order chi connectivity index (χ1) is 10.1. The molecule has 1 heterocycles. The number of piperidine rings is 1. The Morgan fingerprint density at radius 2 is 1.95 bits per heavy atom. The number of aryl methyl sites for hydroxylation is 1. The third-order valence-electron chi connectivity index (χ3n) is 3.79. The van der Waals surface area contributed by atoms with E-state index >= 15 is 0 Å². The summed E-state index contributed by atoms with van der Waals surface area (Å²) < 4.78 is 5.03. The van der Waals surface area contributed by atoms with Crippen molar-refractivity contribution in [3.8, 4) is 0 Å². The molecule has 21 heavy (non-hydrogen) atoms. The van der Waals surface area contributed by atoms with Crippen molar-refractivity contribution in [3.63, 3.8) is 0 Å². The van der Waals surface area contributed by atoms with Gasteiger partial charge in [-0.1, -0.05) is 18.2 Å². The maximum absolute atomic E-state index is 12.2. The van der Waals surface area contributed by atoms with Gasteiger partial charge in [-0.15, -0.1) is 0 Å². The molecule has 2 amide bonds. The Hall–Kier alpha value is -2.04. The van der Waals surface area contributed by atoms with E-state index in [-0.39, 0.29) is 17.9 Å². The van der Waals surface area contributed by atoms with E-state index in [0.717, 1.165) is 11.3 Å². The Morgan fingerprint density at radius 1 is 1.29 bits per heavy atom. The summed E-state index contributed by atoms with van der Waals surface area (Å²) in [4.78, 5) is 25.6. The fourth-order valence-electron chi connectivity index (χ4n) is 2.49. The maximum Gasteiger partial charge on any atom is 0.321 e. The van der Waals surface area contributed by atoms with Crippen molar-refractivity contribution in [2.75, 3.05) is 25.0 Å². The second kappa shape index (κ2) is 7.11. The van der Waals surface area contributed by atoms with Crippen LogP contribution in [0, 0.1) is 12.8 Å². The summed E-state index contributed by atoms with van der Waals surface area (Å²) in [5.41, 5.74) is 1.86. The Labute approximate surface area is 125 Å². The number of hydrogen-bond donors (Lipinski definition) is 1. The first-order valence-corrected chi connectivity index (χ1v) is 7.40. The van der Waals surface area contributed by atoms with Gasteiger partial charge >= 0.3 is 12.0 Å². The van der Waals surface area contributed by atoms with Crippen molar-refractivity contribution in [1.29, 1.82) is 0 Å². The number of ether oxygens (including phenoxy) is 1. The number of benzene rings is 1. The minimum atomic E-state index is -0.142. The summed E-state index contributed by atoms with van der Waals surface area (Å²) in [5, 5.41) is 2.92. The van der Waals surface area contributed by atoms with E-state index in [9.17, 15) is 9.59 Å². The van der Waals surface area contributed by atoms with Crippen LogP contribution in [0.3, 0.4) is 0 Å². The molecule has 0 aliphatic carbocycles. The SMILES string of the molecule is CCOC(=O)C1CCN(C(=O)Nc2ccccc2C)CC1. The average Bonchev–Trinajstić information content (AvgIpc) is 2.50. The molecular weight excluding hydrogens is 268 g/mol. The molecule has 114 valence electrons. The van der Waals surface area contributed by atoms with Crippen molar-refractivity contribution < 1.29 is 14.3 Å². The van der Waals surface area contributed by atoms with Crippen LogP contribution in [0.5, 0.6) is 0 Å². The number of amides is 2. The molecule has 0 atom stereocenters. The van der Waals surface area contributed by atoms with E-state index in [0.29, 0.717) is 32.5 Å². The highest BCUT2D eigenvalue weighted by atomic mass is 16.5. The van der Waals surface area contributed by atoms with Crippen molar-refractivity contribution in [2.24, 2.45) is 5.92 Å². The summed E-state index contributed by atoms with van der Waals surface area (Å²) in [6, 6.07) is 7.58. The lowest BCUT2D eigenvalue weighted by Crippen LogP contribution is -2.42. The van der Waals surface area contributed by atoms with Gasteiger partial charge < -0.3 is 15.0 Å². The van der Waals surface area contributed by atoms with E-state index in [1.54, 1.807) is 4.90 Å². The lowest BCUT2D eigenvalue weighted by molar-refractivity contribution is -0.149. The van der Waals surface area contributed by atoms with Gasteiger partial charge in [-0.25, -0.2) is 4.79 Å². The first-order valence-electron chi connectivity index (χ1n) is 7.40. The van der Waals surface area contributed by atoms with Gasteiger partial charge in [0, 0.05) is 18.8 Å². The summed E-state index contributed by atoms with van der Waals surface area (Å²) in [7, 11) is 0. The van der Waals surface area contributed by atoms with Gasteiger partial charge in [0.15, 0.2) is 0 Å². The zero-order chi connectivity index (χ0) is 15.2. The highest BCUT2D eigenvalue weighted by Gasteiger charge is 2.28. The number of para-hydroxylation sites is 1. The molecule has 1 aromatic carbocycles. The quantitative estimate of drug-likeness (QED) is 0.871. The number of carbonyl (C=O) groups excluding carboxylic acids is 2. The molecule has 5 heteroatoms. The molecule has 0 radical (unpaired) electrons. The molecule has 0 aromatic heterocycles. The molecule has 1 fully saturated rings. The van der Waals surface area contributed by atoms with Crippen LogP contribution in [0.1, 0.15) is 25.3 Å². The summed E-state index contributed by atoms with van der Waals surface area (Å²) in [5.74, 6) is -0.219. The number of carbonyl (C=O) groups is 2. The largest absolute Gasteiger partial charge is 0.466 e. The average molecular weight is 290 g/mol. The van der Waals surface area contributed by atoms with E-state index < -0.39 is 0 Å². The van der Waals surface area contributed by atoms with E-state index in [2.05, 4.69) is 5.32 Å². The van der Waals surface area contributed by atoms with E-state index in [1.165, 1.54) is 0 Å². The molecule has 0 bridgehead atoms. The number of urea groups is 1. The number of rotatable bonds is 3. The van der Waals surface area contributed by atoms with Crippen LogP contribution < -0.4 is 5.32 Å². The predicted molar refractivity (Wildman–Crippen MR) is 81.1 cm³/mol. The van der Waals surface area contributed by atoms with Gasteiger partial charge in [0.25, 0.3) is 0 Å². The zero-order valence-corrected chi connectivity index (χ0v) is 12.6. The Kier molecular flexibility index (Phi) is 5.20.